The van der Waals surface area contributed by atoms with E-state index in [4.69, 9.17) is 0 Å². The molecule has 1 aromatic heterocycles. The van der Waals surface area contributed by atoms with Gasteiger partial charge >= 0.3 is 6.03 Å². The third kappa shape index (κ3) is 2.44. The standard InChI is InChI=1S/C18H14N4O2/c23-17-16(19-18(24)20-17)14-11-22(13-9-5-2-6-10-13)21-15(14)12-7-3-1-4-8-12/h1-11,16H,(H2,19,20,23,24)/t16-/m0/s1. The molecule has 1 atom stereocenters. The van der Waals surface area contributed by atoms with Gasteiger partial charge in [0.15, 0.2) is 0 Å². The van der Waals surface area contributed by atoms with E-state index in [0.29, 0.717) is 11.3 Å². The molecule has 0 spiro atoms. The number of nitrogens with one attached hydrogen (secondary N) is 2. The fourth-order valence-corrected chi connectivity index (χ4v) is 2.77. The molecule has 1 aliphatic rings. The number of carbonyl (C=O) groups is 2. The van der Waals surface area contributed by atoms with Crippen LogP contribution in [0.4, 0.5) is 4.79 Å². The summed E-state index contributed by atoms with van der Waals surface area (Å²) in [6.07, 6.45) is 1.79. The van der Waals surface area contributed by atoms with Gasteiger partial charge in [0, 0.05) is 17.3 Å². The molecule has 1 saturated heterocycles. The van der Waals surface area contributed by atoms with Crippen molar-refractivity contribution in [1.82, 2.24) is 20.4 Å². The third-order valence-corrected chi connectivity index (χ3v) is 3.90. The van der Waals surface area contributed by atoms with E-state index < -0.39 is 12.1 Å². The van der Waals surface area contributed by atoms with E-state index in [1.54, 1.807) is 10.9 Å². The highest BCUT2D eigenvalue weighted by Gasteiger charge is 2.34. The summed E-state index contributed by atoms with van der Waals surface area (Å²) in [5.74, 6) is -0.371. The maximum atomic E-state index is 12.1. The van der Waals surface area contributed by atoms with Gasteiger partial charge in [0.25, 0.3) is 5.91 Å². The minimum atomic E-state index is -0.745. The van der Waals surface area contributed by atoms with Crippen molar-refractivity contribution in [1.29, 1.82) is 0 Å². The van der Waals surface area contributed by atoms with Crippen LogP contribution < -0.4 is 10.6 Å². The quantitative estimate of drug-likeness (QED) is 0.728. The highest BCUT2D eigenvalue weighted by atomic mass is 16.2. The lowest BCUT2D eigenvalue weighted by molar-refractivity contribution is -0.120. The predicted octanol–water partition coefficient (Wildman–Crippen LogP) is 2.42. The van der Waals surface area contributed by atoms with Crippen LogP contribution in [0.1, 0.15) is 11.6 Å². The van der Waals surface area contributed by atoms with Gasteiger partial charge in [0.2, 0.25) is 0 Å². The molecular weight excluding hydrogens is 304 g/mol. The zero-order valence-electron chi connectivity index (χ0n) is 12.6. The molecular formula is C18H14N4O2. The molecule has 2 N–H and O–H groups in total. The number of rotatable bonds is 3. The number of benzene rings is 2. The number of imide groups is 1. The normalized spacial score (nSPS) is 16.8. The first-order valence-corrected chi connectivity index (χ1v) is 7.54. The van der Waals surface area contributed by atoms with Gasteiger partial charge in [0.1, 0.15) is 6.04 Å². The molecule has 0 saturated carbocycles. The Hall–Kier alpha value is -3.41. The number of urea groups is 1. The summed E-state index contributed by atoms with van der Waals surface area (Å²) in [5.41, 5.74) is 3.09. The van der Waals surface area contributed by atoms with Crippen molar-refractivity contribution >= 4 is 11.9 Å². The Balaban J connectivity index is 1.86. The van der Waals surface area contributed by atoms with Crippen molar-refractivity contribution in [2.45, 2.75) is 6.04 Å². The van der Waals surface area contributed by atoms with Crippen LogP contribution in [0.15, 0.2) is 66.9 Å². The SMILES string of the molecule is O=C1NC(=O)[C@H](c2cn(-c3ccccc3)nc2-c2ccccc2)N1. The molecule has 0 bridgehead atoms. The summed E-state index contributed by atoms with van der Waals surface area (Å²) in [6.45, 7) is 0. The monoisotopic (exact) mass is 318 g/mol. The molecule has 3 aromatic rings. The number of carbonyl (C=O) groups excluding carboxylic acids is 2. The summed E-state index contributed by atoms with van der Waals surface area (Å²) in [6, 6.07) is 18.0. The van der Waals surface area contributed by atoms with Crippen LogP contribution in [0.3, 0.4) is 0 Å². The second-order valence-electron chi connectivity index (χ2n) is 5.47. The Morgan fingerprint density at radius 2 is 1.58 bits per heavy atom. The van der Waals surface area contributed by atoms with Crippen LogP contribution in [0.25, 0.3) is 16.9 Å². The van der Waals surface area contributed by atoms with E-state index in [0.717, 1.165) is 11.3 Å². The lowest BCUT2D eigenvalue weighted by Gasteiger charge is -2.07. The van der Waals surface area contributed by atoms with E-state index in [9.17, 15) is 9.59 Å². The van der Waals surface area contributed by atoms with Crippen molar-refractivity contribution in [3.63, 3.8) is 0 Å². The number of para-hydroxylation sites is 1. The van der Waals surface area contributed by atoms with Gasteiger partial charge in [-0.1, -0.05) is 48.5 Å². The second kappa shape index (κ2) is 5.66. The molecule has 0 unspecified atom stereocenters. The topological polar surface area (TPSA) is 76.0 Å². The van der Waals surface area contributed by atoms with E-state index in [-0.39, 0.29) is 5.91 Å². The minimum absolute atomic E-state index is 0.371. The van der Waals surface area contributed by atoms with Crippen LogP contribution in [-0.2, 0) is 4.79 Å². The van der Waals surface area contributed by atoms with Gasteiger partial charge in [-0.2, -0.15) is 5.10 Å². The van der Waals surface area contributed by atoms with Crippen molar-refractivity contribution in [3.8, 4) is 16.9 Å². The zero-order chi connectivity index (χ0) is 16.5. The highest BCUT2D eigenvalue weighted by molar-refractivity contribution is 6.05. The second-order valence-corrected chi connectivity index (χ2v) is 5.47. The Bertz CT molecular complexity index is 903. The van der Waals surface area contributed by atoms with Gasteiger partial charge in [0.05, 0.1) is 11.4 Å². The van der Waals surface area contributed by atoms with E-state index in [2.05, 4.69) is 15.7 Å². The summed E-state index contributed by atoms with van der Waals surface area (Å²) in [4.78, 5) is 23.6. The van der Waals surface area contributed by atoms with Crippen molar-refractivity contribution in [2.24, 2.45) is 0 Å². The molecule has 118 valence electrons. The first-order chi connectivity index (χ1) is 11.7. The van der Waals surface area contributed by atoms with Gasteiger partial charge in [-0.05, 0) is 12.1 Å². The van der Waals surface area contributed by atoms with Crippen molar-refractivity contribution in [3.05, 3.63) is 72.4 Å². The molecule has 4 rings (SSSR count). The molecule has 1 aliphatic heterocycles. The Kier molecular flexibility index (Phi) is 3.35. The Morgan fingerprint density at radius 1 is 0.917 bits per heavy atom. The summed E-state index contributed by atoms with van der Waals surface area (Å²) < 4.78 is 1.72. The molecule has 3 amide bonds. The molecule has 1 fully saturated rings. The van der Waals surface area contributed by atoms with Gasteiger partial charge < -0.3 is 5.32 Å². The fraction of sp³-hybridized carbons (Fsp3) is 0.0556. The summed E-state index contributed by atoms with van der Waals surface area (Å²) in [7, 11) is 0. The predicted molar refractivity (Wildman–Crippen MR) is 88.4 cm³/mol. The molecule has 6 heteroatoms. The first kappa shape index (κ1) is 14.2. The number of aromatic nitrogens is 2. The maximum Gasteiger partial charge on any atom is 0.322 e. The van der Waals surface area contributed by atoms with Crippen LogP contribution in [0.5, 0.6) is 0 Å². The average Bonchev–Trinajstić information content (AvgIpc) is 3.19. The number of amides is 3. The van der Waals surface area contributed by atoms with Gasteiger partial charge in [-0.3, -0.25) is 10.1 Å². The lowest BCUT2D eigenvalue weighted by Crippen LogP contribution is -2.22. The molecule has 2 heterocycles. The number of nitrogens with zero attached hydrogens (tertiary/aromatic N) is 2. The van der Waals surface area contributed by atoms with Crippen molar-refractivity contribution in [2.75, 3.05) is 0 Å². The smallest absolute Gasteiger partial charge is 0.322 e. The zero-order valence-corrected chi connectivity index (χ0v) is 12.6. The summed E-state index contributed by atoms with van der Waals surface area (Å²) in [5, 5.41) is 9.55. The maximum absolute atomic E-state index is 12.1. The van der Waals surface area contributed by atoms with Gasteiger partial charge in [-0.25, -0.2) is 9.48 Å². The molecule has 0 aliphatic carbocycles. The molecule has 0 radical (unpaired) electrons. The van der Waals surface area contributed by atoms with Crippen LogP contribution in [0.2, 0.25) is 0 Å². The number of hydrogen-bond acceptors (Lipinski definition) is 3. The van der Waals surface area contributed by atoms with E-state index in [1.807, 2.05) is 60.7 Å². The molecule has 2 aromatic carbocycles. The first-order valence-electron chi connectivity index (χ1n) is 7.54. The number of hydrogen-bond donors (Lipinski definition) is 2. The lowest BCUT2D eigenvalue weighted by atomic mass is 10.0. The Labute approximate surface area is 138 Å². The van der Waals surface area contributed by atoms with E-state index >= 15 is 0 Å². The highest BCUT2D eigenvalue weighted by Crippen LogP contribution is 2.29. The third-order valence-electron chi connectivity index (χ3n) is 3.90. The fourth-order valence-electron chi connectivity index (χ4n) is 2.77. The van der Waals surface area contributed by atoms with Crippen LogP contribution in [0, 0.1) is 0 Å². The molecule has 24 heavy (non-hydrogen) atoms. The van der Waals surface area contributed by atoms with Crippen molar-refractivity contribution < 1.29 is 9.59 Å². The van der Waals surface area contributed by atoms with Crippen LogP contribution in [-0.4, -0.2) is 21.7 Å². The summed E-state index contributed by atoms with van der Waals surface area (Å²) >= 11 is 0. The minimum Gasteiger partial charge on any atom is -0.322 e. The van der Waals surface area contributed by atoms with Gasteiger partial charge in [-0.15, -0.1) is 0 Å². The average molecular weight is 318 g/mol. The van der Waals surface area contributed by atoms with E-state index in [1.165, 1.54) is 0 Å². The Morgan fingerprint density at radius 3 is 2.21 bits per heavy atom. The molecule has 6 nitrogen and oxygen atoms in total. The van der Waals surface area contributed by atoms with Crippen LogP contribution >= 0.6 is 0 Å². The largest absolute Gasteiger partial charge is 0.322 e.